The van der Waals surface area contributed by atoms with E-state index in [1.807, 2.05) is 0 Å². The molecule has 19 heavy (non-hydrogen) atoms. The van der Waals surface area contributed by atoms with Crippen molar-refractivity contribution in [2.75, 3.05) is 13.2 Å². The van der Waals surface area contributed by atoms with Gasteiger partial charge in [-0.1, -0.05) is 35.9 Å². The molecule has 1 atom stereocenters. The number of aliphatic hydroxyl groups is 2. The highest BCUT2D eigenvalue weighted by Crippen LogP contribution is 2.17. The highest BCUT2D eigenvalue weighted by molar-refractivity contribution is 5.83. The van der Waals surface area contributed by atoms with Gasteiger partial charge >= 0.3 is 0 Å². The van der Waals surface area contributed by atoms with Crippen molar-refractivity contribution in [1.29, 1.82) is 0 Å². The van der Waals surface area contributed by atoms with E-state index >= 15 is 0 Å². The summed E-state index contributed by atoms with van der Waals surface area (Å²) in [6, 6.07) is 12.8. The zero-order valence-electron chi connectivity index (χ0n) is 11.3. The molecule has 0 amide bonds. The third kappa shape index (κ3) is 3.77. The van der Waals surface area contributed by atoms with Crippen LogP contribution in [0.3, 0.4) is 0 Å². The van der Waals surface area contributed by atoms with E-state index in [2.05, 4.69) is 48.6 Å². The molecule has 0 radical (unpaired) electrons. The van der Waals surface area contributed by atoms with E-state index in [9.17, 15) is 0 Å². The van der Waals surface area contributed by atoms with Crippen LogP contribution in [0, 0.1) is 6.92 Å². The minimum atomic E-state index is -0.0429. The molecule has 102 valence electrons. The maximum atomic E-state index is 9.16. The summed E-state index contributed by atoms with van der Waals surface area (Å²) in [5.74, 6) is 0. The largest absolute Gasteiger partial charge is 0.396 e. The van der Waals surface area contributed by atoms with Crippen LogP contribution in [-0.2, 0) is 6.54 Å². The minimum absolute atomic E-state index is 0.0429. The lowest BCUT2D eigenvalue weighted by Gasteiger charge is -2.15. The molecule has 0 bridgehead atoms. The second-order valence-electron chi connectivity index (χ2n) is 4.96. The Balaban J connectivity index is 2.07. The van der Waals surface area contributed by atoms with E-state index in [0.717, 1.165) is 0 Å². The fourth-order valence-corrected chi connectivity index (χ4v) is 2.20. The number of nitrogens with one attached hydrogen (secondary N) is 1. The van der Waals surface area contributed by atoms with Crippen LogP contribution in [0.2, 0.25) is 0 Å². The Labute approximate surface area is 113 Å². The molecule has 0 saturated carbocycles. The maximum Gasteiger partial charge on any atom is 0.0585 e. The summed E-state index contributed by atoms with van der Waals surface area (Å²) in [5, 5.41) is 23.8. The van der Waals surface area contributed by atoms with Crippen molar-refractivity contribution in [1.82, 2.24) is 5.32 Å². The number of hydrogen-bond acceptors (Lipinski definition) is 3. The van der Waals surface area contributed by atoms with Crippen LogP contribution in [0.5, 0.6) is 0 Å². The van der Waals surface area contributed by atoms with Crippen molar-refractivity contribution in [2.45, 2.75) is 25.9 Å². The Morgan fingerprint density at radius 3 is 2.53 bits per heavy atom. The average Bonchev–Trinajstić information content (AvgIpc) is 2.43. The summed E-state index contributed by atoms with van der Waals surface area (Å²) in [4.78, 5) is 0. The van der Waals surface area contributed by atoms with Crippen molar-refractivity contribution in [2.24, 2.45) is 0 Å². The Morgan fingerprint density at radius 1 is 1.05 bits per heavy atom. The SMILES string of the molecule is Cc1ccc2cc(CNC(CO)CCO)ccc2c1. The molecule has 0 saturated heterocycles. The minimum Gasteiger partial charge on any atom is -0.396 e. The third-order valence-electron chi connectivity index (χ3n) is 3.35. The molecule has 0 aromatic heterocycles. The highest BCUT2D eigenvalue weighted by Gasteiger charge is 2.05. The number of aliphatic hydroxyl groups excluding tert-OH is 2. The van der Waals surface area contributed by atoms with Crippen LogP contribution in [-0.4, -0.2) is 29.5 Å². The van der Waals surface area contributed by atoms with Gasteiger partial charge in [-0.05, 0) is 35.7 Å². The van der Waals surface area contributed by atoms with Crippen molar-refractivity contribution < 1.29 is 10.2 Å². The Hall–Kier alpha value is -1.42. The van der Waals surface area contributed by atoms with Crippen molar-refractivity contribution in [3.63, 3.8) is 0 Å². The standard InChI is InChI=1S/C16H21NO2/c1-12-2-4-15-9-13(3-5-14(15)8-12)10-17-16(11-19)6-7-18/h2-5,8-9,16-19H,6-7,10-11H2,1H3. The zero-order chi connectivity index (χ0) is 13.7. The first-order chi connectivity index (χ1) is 9.22. The second-order valence-corrected chi connectivity index (χ2v) is 4.96. The second kappa shape index (κ2) is 6.66. The van der Waals surface area contributed by atoms with Gasteiger partial charge in [0.15, 0.2) is 0 Å². The lowest BCUT2D eigenvalue weighted by Crippen LogP contribution is -2.32. The normalized spacial score (nSPS) is 12.8. The zero-order valence-corrected chi connectivity index (χ0v) is 11.3. The molecule has 0 aliphatic carbocycles. The van der Waals surface area contributed by atoms with Crippen LogP contribution in [0.15, 0.2) is 36.4 Å². The van der Waals surface area contributed by atoms with Crippen LogP contribution < -0.4 is 5.32 Å². The Morgan fingerprint density at radius 2 is 1.79 bits per heavy atom. The molecular weight excluding hydrogens is 238 g/mol. The number of aryl methyl sites for hydroxylation is 1. The average molecular weight is 259 g/mol. The molecular formula is C16H21NO2. The summed E-state index contributed by atoms with van der Waals surface area (Å²) in [6.07, 6.45) is 0.573. The van der Waals surface area contributed by atoms with E-state index in [1.54, 1.807) is 0 Å². The van der Waals surface area contributed by atoms with Gasteiger partial charge in [-0.15, -0.1) is 0 Å². The predicted molar refractivity (Wildman–Crippen MR) is 78.1 cm³/mol. The maximum absolute atomic E-state index is 9.16. The topological polar surface area (TPSA) is 52.5 Å². The summed E-state index contributed by atoms with van der Waals surface area (Å²) in [5.41, 5.74) is 2.45. The first-order valence-electron chi connectivity index (χ1n) is 6.67. The van der Waals surface area contributed by atoms with Gasteiger partial charge in [-0.2, -0.15) is 0 Å². The molecule has 0 fully saturated rings. The third-order valence-corrected chi connectivity index (χ3v) is 3.35. The quantitative estimate of drug-likeness (QED) is 0.743. The van der Waals surface area contributed by atoms with Crippen LogP contribution >= 0.6 is 0 Å². The highest BCUT2D eigenvalue weighted by atomic mass is 16.3. The molecule has 3 N–H and O–H groups in total. The first-order valence-corrected chi connectivity index (χ1v) is 6.67. The molecule has 2 aromatic carbocycles. The van der Waals surface area contributed by atoms with E-state index in [4.69, 9.17) is 10.2 Å². The molecule has 0 spiro atoms. The van der Waals surface area contributed by atoms with Gasteiger partial charge in [-0.3, -0.25) is 0 Å². The van der Waals surface area contributed by atoms with E-state index in [-0.39, 0.29) is 19.3 Å². The van der Waals surface area contributed by atoms with Gasteiger partial charge in [0.1, 0.15) is 0 Å². The molecule has 2 aromatic rings. The number of benzene rings is 2. The van der Waals surface area contributed by atoms with Gasteiger partial charge in [0.25, 0.3) is 0 Å². The summed E-state index contributed by atoms with van der Waals surface area (Å²) in [6.45, 7) is 2.94. The predicted octanol–water partition coefficient (Wildman–Crippen LogP) is 1.98. The fourth-order valence-electron chi connectivity index (χ4n) is 2.20. The first kappa shape index (κ1) is 14.0. The lowest BCUT2D eigenvalue weighted by atomic mass is 10.0. The number of fused-ring (bicyclic) bond motifs is 1. The number of rotatable bonds is 6. The van der Waals surface area contributed by atoms with Crippen molar-refractivity contribution in [3.05, 3.63) is 47.5 Å². The van der Waals surface area contributed by atoms with Crippen molar-refractivity contribution in [3.8, 4) is 0 Å². The van der Waals surface area contributed by atoms with Gasteiger partial charge in [-0.25, -0.2) is 0 Å². The summed E-state index contributed by atoms with van der Waals surface area (Å²) in [7, 11) is 0. The van der Waals surface area contributed by atoms with Gasteiger partial charge in [0.05, 0.1) is 6.61 Å². The monoisotopic (exact) mass is 259 g/mol. The van der Waals surface area contributed by atoms with Crippen LogP contribution in [0.1, 0.15) is 17.5 Å². The van der Waals surface area contributed by atoms with Gasteiger partial charge < -0.3 is 15.5 Å². The van der Waals surface area contributed by atoms with E-state index < -0.39 is 0 Å². The van der Waals surface area contributed by atoms with Gasteiger partial charge in [0, 0.05) is 19.2 Å². The molecule has 0 aliphatic heterocycles. The number of hydrogen-bond donors (Lipinski definition) is 3. The van der Waals surface area contributed by atoms with Crippen molar-refractivity contribution >= 4 is 10.8 Å². The van der Waals surface area contributed by atoms with Crippen LogP contribution in [0.4, 0.5) is 0 Å². The summed E-state index contributed by atoms with van der Waals surface area (Å²) < 4.78 is 0. The Bertz CT molecular complexity index is 539. The van der Waals surface area contributed by atoms with E-state index in [1.165, 1.54) is 21.9 Å². The summed E-state index contributed by atoms with van der Waals surface area (Å²) >= 11 is 0. The smallest absolute Gasteiger partial charge is 0.0585 e. The van der Waals surface area contributed by atoms with Crippen LogP contribution in [0.25, 0.3) is 10.8 Å². The molecule has 1 unspecified atom stereocenters. The molecule has 2 rings (SSSR count). The fraction of sp³-hybridized carbons (Fsp3) is 0.375. The van der Waals surface area contributed by atoms with E-state index in [0.29, 0.717) is 13.0 Å². The Kier molecular flexibility index (Phi) is 4.91. The van der Waals surface area contributed by atoms with Gasteiger partial charge in [0.2, 0.25) is 0 Å². The molecule has 0 heterocycles. The molecule has 3 nitrogen and oxygen atoms in total. The molecule has 3 heteroatoms. The lowest BCUT2D eigenvalue weighted by molar-refractivity contribution is 0.200. The molecule has 0 aliphatic rings.